The lowest BCUT2D eigenvalue weighted by molar-refractivity contribution is -0.242. The topological polar surface area (TPSA) is 136 Å². The third-order valence-corrected chi connectivity index (χ3v) is 8.45. The molecule has 3 rings (SSSR count). The zero-order chi connectivity index (χ0) is 30.0. The molecule has 222 valence electrons. The number of hydrogen-bond acceptors (Lipinski definition) is 9. The molecule has 2 amide bonds. The van der Waals surface area contributed by atoms with Crippen LogP contribution in [-0.2, 0) is 26.0 Å². The van der Waals surface area contributed by atoms with E-state index in [1.165, 1.54) is 25.1 Å². The predicted octanol–water partition coefficient (Wildman–Crippen LogP) is 4.47. The number of anilines is 2. The van der Waals surface area contributed by atoms with Gasteiger partial charge in [-0.3, -0.25) is 14.4 Å². The minimum atomic E-state index is -4.82. The zero-order valence-corrected chi connectivity index (χ0v) is 24.3. The van der Waals surface area contributed by atoms with Crippen LogP contribution in [0.25, 0.3) is 0 Å². The minimum absolute atomic E-state index is 0.00602. The van der Waals surface area contributed by atoms with Gasteiger partial charge < -0.3 is 19.5 Å². The van der Waals surface area contributed by atoms with Crippen molar-refractivity contribution in [2.75, 3.05) is 22.7 Å². The summed E-state index contributed by atoms with van der Waals surface area (Å²) in [5.74, 6) is -0.250. The Labute approximate surface area is 234 Å². The van der Waals surface area contributed by atoms with E-state index in [9.17, 15) is 31.2 Å². The van der Waals surface area contributed by atoms with Gasteiger partial charge in [0.25, 0.3) is 10.0 Å². The second-order valence-electron chi connectivity index (χ2n) is 9.64. The number of rotatable bonds is 9. The molecule has 11 nitrogen and oxygen atoms in total. The lowest BCUT2D eigenvalue weighted by Crippen LogP contribution is -2.48. The normalized spacial score (nSPS) is 15.8. The van der Waals surface area contributed by atoms with E-state index < -0.39 is 34.0 Å². The second kappa shape index (κ2) is 11.7. The first-order valence-corrected chi connectivity index (χ1v) is 14.5. The highest BCUT2D eigenvalue weighted by Gasteiger charge is 2.51. The van der Waals surface area contributed by atoms with E-state index in [1.807, 2.05) is 6.92 Å². The number of aromatic nitrogens is 1. The van der Waals surface area contributed by atoms with E-state index in [0.717, 1.165) is 15.6 Å². The average molecular weight is 609 g/mol. The van der Waals surface area contributed by atoms with E-state index in [1.54, 1.807) is 13.8 Å². The van der Waals surface area contributed by atoms with Crippen LogP contribution in [0, 0.1) is 0 Å². The van der Waals surface area contributed by atoms with Crippen LogP contribution in [0.15, 0.2) is 23.2 Å². The standard InChI is InChI=1S/C24H31F3N4O7S2/c1-7-19-30-20(21(39-19)36-13(2)3)40(34,35)31-12-16(11-28-14(4)32)37-18-9-8-15(10-17(18)31)29-22(33)38-23(5,6)24(25,26)27/h8-10,13,16H,7,11-12H2,1-6H3,(H,28,32)(H,29,33)/t16-/m0/s1. The zero-order valence-electron chi connectivity index (χ0n) is 22.7. The van der Waals surface area contributed by atoms with Gasteiger partial charge in [0.15, 0.2) is 0 Å². The molecule has 1 aromatic carbocycles. The molecule has 2 N–H and O–H groups in total. The number of aryl methyl sites for hydroxylation is 1. The van der Waals surface area contributed by atoms with Crippen LogP contribution in [0.5, 0.6) is 10.8 Å². The van der Waals surface area contributed by atoms with E-state index in [-0.39, 0.29) is 52.3 Å². The molecule has 2 aromatic rings. The van der Waals surface area contributed by atoms with Gasteiger partial charge in [-0.1, -0.05) is 18.3 Å². The first-order chi connectivity index (χ1) is 18.4. The molecule has 2 heterocycles. The van der Waals surface area contributed by atoms with E-state index >= 15 is 0 Å². The molecule has 1 aliphatic heterocycles. The number of benzene rings is 1. The number of carbonyl (C=O) groups excluding carboxylic acids is 2. The first-order valence-electron chi connectivity index (χ1n) is 12.3. The Morgan fingerprint density at radius 2 is 1.95 bits per heavy atom. The summed E-state index contributed by atoms with van der Waals surface area (Å²) in [7, 11) is -4.38. The second-order valence-corrected chi connectivity index (χ2v) is 12.5. The molecule has 0 aliphatic carbocycles. The maximum Gasteiger partial charge on any atom is 0.427 e. The lowest BCUT2D eigenvalue weighted by atomic mass is 10.1. The van der Waals surface area contributed by atoms with E-state index in [4.69, 9.17) is 9.47 Å². The summed E-state index contributed by atoms with van der Waals surface area (Å²) in [5, 5.41) is 5.12. The van der Waals surface area contributed by atoms with Crippen LogP contribution in [0.3, 0.4) is 0 Å². The fourth-order valence-electron chi connectivity index (χ4n) is 3.45. The number of amides is 2. The molecule has 1 aliphatic rings. The number of halogens is 3. The SMILES string of the molecule is CCc1nc(S(=O)(=O)N2C[C@H](CNC(C)=O)Oc3ccc(NC(=O)OC(C)(C)C(F)(F)F)cc32)c(OC(C)C)s1. The number of alkyl halides is 3. The molecule has 0 spiro atoms. The number of thiazole rings is 1. The third kappa shape index (κ3) is 7.08. The third-order valence-electron chi connectivity index (χ3n) is 5.54. The molecule has 0 radical (unpaired) electrons. The molecule has 40 heavy (non-hydrogen) atoms. The molecule has 1 aromatic heterocycles. The Morgan fingerprint density at radius 1 is 1.27 bits per heavy atom. The molecular weight excluding hydrogens is 577 g/mol. The van der Waals surface area contributed by atoms with Crippen LogP contribution < -0.4 is 24.4 Å². The number of nitrogens with one attached hydrogen (secondary N) is 2. The fourth-order valence-corrected chi connectivity index (χ4v) is 6.28. The predicted molar refractivity (Wildman–Crippen MR) is 142 cm³/mol. The Bertz CT molecular complexity index is 1360. The van der Waals surface area contributed by atoms with Crippen molar-refractivity contribution < 1.29 is 45.4 Å². The monoisotopic (exact) mass is 608 g/mol. The van der Waals surface area contributed by atoms with Crippen LogP contribution >= 0.6 is 11.3 Å². The van der Waals surface area contributed by atoms with Gasteiger partial charge in [0.05, 0.1) is 29.9 Å². The van der Waals surface area contributed by atoms with Gasteiger partial charge in [-0.15, -0.1) is 0 Å². The maximum atomic E-state index is 14.0. The fraction of sp³-hybridized carbons (Fsp3) is 0.542. The van der Waals surface area contributed by atoms with Crippen LogP contribution in [0.2, 0.25) is 0 Å². The summed E-state index contributed by atoms with van der Waals surface area (Å²) in [6.45, 7) is 7.76. The number of ether oxygens (including phenoxy) is 3. The minimum Gasteiger partial charge on any atom is -0.484 e. The van der Waals surface area contributed by atoms with E-state index in [0.29, 0.717) is 25.3 Å². The molecule has 0 bridgehead atoms. The van der Waals surface area contributed by atoms with Crippen molar-refractivity contribution >= 4 is 44.7 Å². The van der Waals surface area contributed by atoms with Crippen LogP contribution in [0.4, 0.5) is 29.3 Å². The van der Waals surface area contributed by atoms with E-state index in [2.05, 4.69) is 20.4 Å². The van der Waals surface area contributed by atoms with Gasteiger partial charge in [0, 0.05) is 12.6 Å². The summed E-state index contributed by atoms with van der Waals surface area (Å²) in [5.41, 5.74) is -2.82. The largest absolute Gasteiger partial charge is 0.484 e. The number of hydrogen-bond donors (Lipinski definition) is 2. The quantitative estimate of drug-likeness (QED) is 0.426. The number of carbonyl (C=O) groups is 2. The molecule has 0 unspecified atom stereocenters. The molecule has 1 atom stereocenters. The molecule has 0 fully saturated rings. The highest BCUT2D eigenvalue weighted by Crippen LogP contribution is 2.42. The van der Waals surface area contributed by atoms with Gasteiger partial charge >= 0.3 is 12.3 Å². The summed E-state index contributed by atoms with van der Waals surface area (Å²) in [6.07, 6.45) is -6.88. The highest BCUT2D eigenvalue weighted by atomic mass is 32.2. The average Bonchev–Trinajstić information content (AvgIpc) is 3.24. The lowest BCUT2D eigenvalue weighted by Gasteiger charge is -2.35. The molecular formula is C24H31F3N4O7S2. The van der Waals surface area contributed by atoms with Crippen LogP contribution in [-0.4, -0.2) is 62.5 Å². The number of fused-ring (bicyclic) bond motifs is 1. The number of sulfonamides is 1. The van der Waals surface area contributed by atoms with Gasteiger partial charge in [0.1, 0.15) is 11.9 Å². The van der Waals surface area contributed by atoms with Gasteiger partial charge in [-0.05, 0) is 52.3 Å². The Balaban J connectivity index is 2.02. The van der Waals surface area contributed by atoms with Crippen molar-refractivity contribution in [2.24, 2.45) is 0 Å². The summed E-state index contributed by atoms with van der Waals surface area (Å²) in [6, 6.07) is 3.91. The number of nitrogens with zero attached hydrogens (tertiary/aromatic N) is 2. The van der Waals surface area contributed by atoms with Crippen molar-refractivity contribution in [3.63, 3.8) is 0 Å². The molecule has 0 saturated carbocycles. The summed E-state index contributed by atoms with van der Waals surface area (Å²) in [4.78, 5) is 28.0. The van der Waals surface area contributed by atoms with Crippen molar-refractivity contribution in [3.8, 4) is 10.8 Å². The first kappa shape index (κ1) is 31.3. The van der Waals surface area contributed by atoms with Crippen molar-refractivity contribution in [1.29, 1.82) is 0 Å². The highest BCUT2D eigenvalue weighted by molar-refractivity contribution is 7.93. The van der Waals surface area contributed by atoms with Crippen molar-refractivity contribution in [3.05, 3.63) is 23.2 Å². The van der Waals surface area contributed by atoms with Crippen molar-refractivity contribution in [1.82, 2.24) is 10.3 Å². The maximum absolute atomic E-state index is 14.0. The smallest absolute Gasteiger partial charge is 0.427 e. The Morgan fingerprint density at radius 3 is 2.52 bits per heavy atom. The summed E-state index contributed by atoms with van der Waals surface area (Å²) >= 11 is 1.10. The molecule has 0 saturated heterocycles. The van der Waals surface area contributed by atoms with Crippen LogP contribution in [0.1, 0.15) is 46.6 Å². The van der Waals surface area contributed by atoms with Gasteiger partial charge in [-0.2, -0.15) is 21.6 Å². The summed E-state index contributed by atoms with van der Waals surface area (Å²) < 4.78 is 84.7. The van der Waals surface area contributed by atoms with Crippen molar-refractivity contribution in [2.45, 2.75) is 77.0 Å². The van der Waals surface area contributed by atoms with Gasteiger partial charge in [0.2, 0.25) is 21.6 Å². The Kier molecular flexibility index (Phi) is 9.13. The Hall–Kier alpha value is -3.27. The molecule has 16 heteroatoms. The van der Waals surface area contributed by atoms with Gasteiger partial charge in [-0.25, -0.2) is 9.78 Å².